The minimum absolute atomic E-state index is 0.0836. The van der Waals surface area contributed by atoms with Crippen molar-refractivity contribution in [1.82, 2.24) is 26.6 Å². The second kappa shape index (κ2) is 9.68. The van der Waals surface area contributed by atoms with Gasteiger partial charge in [0, 0.05) is 24.1 Å². The SMILES string of the molecule is CCC1CNC(CSCC2NC(N)NC(NC3CCCCC3)N2)O1. The highest BCUT2D eigenvalue weighted by Gasteiger charge is 2.28. The Labute approximate surface area is 150 Å². The molecule has 0 amide bonds. The maximum atomic E-state index is 6.10. The maximum Gasteiger partial charge on any atom is 0.117 e. The van der Waals surface area contributed by atoms with Crippen LogP contribution in [0.4, 0.5) is 0 Å². The van der Waals surface area contributed by atoms with Gasteiger partial charge in [0.05, 0.1) is 12.3 Å². The van der Waals surface area contributed by atoms with Crippen LogP contribution in [0.15, 0.2) is 0 Å². The zero-order valence-electron chi connectivity index (χ0n) is 14.7. The van der Waals surface area contributed by atoms with Gasteiger partial charge in [0.1, 0.15) is 18.8 Å². The molecule has 1 aliphatic carbocycles. The van der Waals surface area contributed by atoms with Gasteiger partial charge in [0.15, 0.2) is 0 Å². The molecule has 8 heteroatoms. The number of nitrogens with two attached hydrogens (primary N) is 1. The quantitative estimate of drug-likeness (QED) is 0.379. The molecular weight excluding hydrogens is 324 g/mol. The topological polar surface area (TPSA) is 95.4 Å². The van der Waals surface area contributed by atoms with E-state index in [4.69, 9.17) is 10.5 Å². The third-order valence-corrected chi connectivity index (χ3v) is 6.15. The number of thioether (sulfide) groups is 1. The molecule has 0 aromatic heterocycles. The molecule has 2 aliphatic heterocycles. The summed E-state index contributed by atoms with van der Waals surface area (Å²) < 4.78 is 5.92. The summed E-state index contributed by atoms with van der Waals surface area (Å²) in [5.41, 5.74) is 6.10. The van der Waals surface area contributed by atoms with E-state index in [-0.39, 0.29) is 25.0 Å². The van der Waals surface area contributed by atoms with Crippen LogP contribution in [0.3, 0.4) is 0 Å². The molecule has 5 unspecified atom stereocenters. The first-order valence-corrected chi connectivity index (χ1v) is 10.6. The Balaban J connectivity index is 1.35. The zero-order chi connectivity index (χ0) is 16.8. The van der Waals surface area contributed by atoms with E-state index in [2.05, 4.69) is 33.5 Å². The first-order chi connectivity index (χ1) is 11.7. The normalized spacial score (nSPS) is 38.5. The van der Waals surface area contributed by atoms with Crippen molar-refractivity contribution in [3.05, 3.63) is 0 Å². The van der Waals surface area contributed by atoms with Crippen LogP contribution in [0.1, 0.15) is 45.4 Å². The van der Waals surface area contributed by atoms with Crippen LogP contribution in [-0.4, -0.2) is 55.2 Å². The minimum atomic E-state index is -0.178. The molecule has 7 N–H and O–H groups in total. The maximum absolute atomic E-state index is 6.10. The third-order valence-electron chi connectivity index (χ3n) is 5.04. The highest BCUT2D eigenvalue weighted by molar-refractivity contribution is 7.99. The van der Waals surface area contributed by atoms with Crippen molar-refractivity contribution in [1.29, 1.82) is 0 Å². The Morgan fingerprint density at radius 2 is 1.96 bits per heavy atom. The lowest BCUT2D eigenvalue weighted by molar-refractivity contribution is 0.0542. The standard InChI is InChI=1S/C16H34N6OS/c1-2-12-8-18-14(23-12)10-24-9-13-20-15(17)22-16(21-13)19-11-6-4-3-5-7-11/h11-16,18-22H,2-10,17H2,1H3. The molecular formula is C16H34N6OS. The highest BCUT2D eigenvalue weighted by atomic mass is 32.2. The van der Waals surface area contributed by atoms with Crippen LogP contribution < -0.4 is 32.3 Å². The van der Waals surface area contributed by atoms with Crippen molar-refractivity contribution in [2.45, 2.75) is 82.6 Å². The first-order valence-electron chi connectivity index (χ1n) is 9.49. The predicted molar refractivity (Wildman–Crippen MR) is 99.2 cm³/mol. The van der Waals surface area contributed by atoms with Crippen molar-refractivity contribution < 1.29 is 4.74 Å². The van der Waals surface area contributed by atoms with Gasteiger partial charge in [-0.2, -0.15) is 11.8 Å². The molecule has 2 saturated heterocycles. The monoisotopic (exact) mass is 358 g/mol. The van der Waals surface area contributed by atoms with Gasteiger partial charge in [-0.15, -0.1) is 0 Å². The summed E-state index contributed by atoms with van der Waals surface area (Å²) in [6, 6.07) is 0.601. The van der Waals surface area contributed by atoms with Crippen molar-refractivity contribution in [3.8, 4) is 0 Å². The van der Waals surface area contributed by atoms with E-state index in [1.165, 1.54) is 32.1 Å². The molecule has 0 radical (unpaired) electrons. The summed E-state index contributed by atoms with van der Waals surface area (Å²) in [4.78, 5) is 0. The third kappa shape index (κ3) is 5.81. The molecule has 3 aliphatic rings. The molecule has 0 bridgehead atoms. The highest BCUT2D eigenvalue weighted by Crippen LogP contribution is 2.18. The van der Waals surface area contributed by atoms with E-state index in [9.17, 15) is 0 Å². The van der Waals surface area contributed by atoms with Gasteiger partial charge in [0.25, 0.3) is 0 Å². The van der Waals surface area contributed by atoms with Crippen LogP contribution in [0.2, 0.25) is 0 Å². The molecule has 24 heavy (non-hydrogen) atoms. The Morgan fingerprint density at radius 1 is 1.12 bits per heavy atom. The van der Waals surface area contributed by atoms with Crippen LogP contribution in [0.5, 0.6) is 0 Å². The van der Waals surface area contributed by atoms with Crippen LogP contribution in [0, 0.1) is 0 Å². The molecule has 7 nitrogen and oxygen atoms in total. The molecule has 5 atom stereocenters. The fraction of sp³-hybridized carbons (Fsp3) is 1.00. The van der Waals surface area contributed by atoms with Crippen molar-refractivity contribution in [2.24, 2.45) is 5.73 Å². The summed E-state index contributed by atoms with van der Waals surface area (Å²) in [5.74, 6) is 1.94. The number of ether oxygens (including phenoxy) is 1. The lowest BCUT2D eigenvalue weighted by Gasteiger charge is -2.39. The Morgan fingerprint density at radius 3 is 2.71 bits per heavy atom. The number of hydrogen-bond acceptors (Lipinski definition) is 8. The van der Waals surface area contributed by atoms with E-state index >= 15 is 0 Å². The van der Waals surface area contributed by atoms with Crippen LogP contribution in [0.25, 0.3) is 0 Å². The zero-order valence-corrected chi connectivity index (χ0v) is 15.5. The van der Waals surface area contributed by atoms with Gasteiger partial charge in [-0.05, 0) is 19.3 Å². The van der Waals surface area contributed by atoms with Gasteiger partial charge >= 0.3 is 0 Å². The van der Waals surface area contributed by atoms with Crippen LogP contribution >= 0.6 is 11.8 Å². The molecule has 1 saturated carbocycles. The fourth-order valence-electron chi connectivity index (χ4n) is 3.66. The lowest BCUT2D eigenvalue weighted by atomic mass is 9.95. The molecule has 140 valence electrons. The Kier molecular flexibility index (Phi) is 7.60. The molecule has 3 rings (SSSR count). The van der Waals surface area contributed by atoms with E-state index in [0.29, 0.717) is 12.1 Å². The van der Waals surface area contributed by atoms with E-state index in [1.54, 1.807) is 0 Å². The van der Waals surface area contributed by atoms with Crippen molar-refractivity contribution >= 4 is 11.8 Å². The van der Waals surface area contributed by atoms with E-state index in [1.807, 2.05) is 11.8 Å². The molecule has 0 aromatic carbocycles. The van der Waals surface area contributed by atoms with Gasteiger partial charge < -0.3 is 10.5 Å². The molecule has 0 aromatic rings. The summed E-state index contributed by atoms with van der Waals surface area (Å²) in [6.45, 7) is 3.15. The van der Waals surface area contributed by atoms with Crippen molar-refractivity contribution in [2.75, 3.05) is 18.1 Å². The summed E-state index contributed by atoms with van der Waals surface area (Å²) in [7, 11) is 0. The minimum Gasteiger partial charge on any atom is -0.358 e. The van der Waals surface area contributed by atoms with Crippen molar-refractivity contribution in [3.63, 3.8) is 0 Å². The second-order valence-corrected chi connectivity index (χ2v) is 8.14. The van der Waals surface area contributed by atoms with E-state index in [0.717, 1.165) is 24.5 Å². The average Bonchev–Trinajstić information content (AvgIpc) is 3.03. The number of hydrogen-bond donors (Lipinski definition) is 6. The predicted octanol–water partition coefficient (Wildman–Crippen LogP) is 0.000800. The fourth-order valence-corrected chi connectivity index (χ4v) is 4.64. The van der Waals surface area contributed by atoms with Gasteiger partial charge in [-0.1, -0.05) is 26.2 Å². The second-order valence-electron chi connectivity index (χ2n) is 7.07. The Bertz CT molecular complexity index is 370. The Hall–Kier alpha value is 0.0700. The molecule has 0 spiro atoms. The van der Waals surface area contributed by atoms with Gasteiger partial charge in [-0.25, -0.2) is 0 Å². The molecule has 3 fully saturated rings. The molecule has 2 heterocycles. The van der Waals surface area contributed by atoms with E-state index < -0.39 is 0 Å². The largest absolute Gasteiger partial charge is 0.358 e. The smallest absolute Gasteiger partial charge is 0.117 e. The summed E-state index contributed by atoms with van der Waals surface area (Å²) in [5, 5.41) is 17.4. The number of rotatable bonds is 7. The summed E-state index contributed by atoms with van der Waals surface area (Å²) >= 11 is 1.90. The summed E-state index contributed by atoms with van der Waals surface area (Å²) in [6.07, 6.45) is 8.34. The number of nitrogens with one attached hydrogen (secondary N) is 5. The lowest BCUT2D eigenvalue weighted by Crippen LogP contribution is -2.75. The van der Waals surface area contributed by atoms with Gasteiger partial charge in [-0.3, -0.25) is 26.6 Å². The average molecular weight is 359 g/mol. The van der Waals surface area contributed by atoms with Crippen LogP contribution in [-0.2, 0) is 4.74 Å². The van der Waals surface area contributed by atoms with Gasteiger partial charge in [0.2, 0.25) is 0 Å². The first kappa shape index (κ1) is 18.8.